The molecule has 1 aromatic rings. The Morgan fingerprint density at radius 1 is 1.13 bits per heavy atom. The van der Waals surface area contributed by atoms with Crippen LogP contribution in [0.1, 0.15) is 17.5 Å². The molecule has 0 bridgehead atoms. The van der Waals surface area contributed by atoms with E-state index in [0.717, 1.165) is 11.6 Å². The van der Waals surface area contributed by atoms with E-state index in [-0.39, 0.29) is 6.61 Å². The maximum atomic E-state index is 11.8. The van der Waals surface area contributed by atoms with Crippen molar-refractivity contribution in [3.05, 3.63) is 41.5 Å². The van der Waals surface area contributed by atoms with Crippen molar-refractivity contribution in [2.24, 2.45) is 0 Å². The van der Waals surface area contributed by atoms with Crippen LogP contribution >= 0.6 is 0 Å². The predicted molar refractivity (Wildman–Crippen MR) is 52.1 cm³/mol. The molecule has 0 spiro atoms. The van der Waals surface area contributed by atoms with Crippen molar-refractivity contribution in [1.82, 2.24) is 0 Å². The summed E-state index contributed by atoms with van der Waals surface area (Å²) in [5.41, 5.74) is 1.43. The Morgan fingerprint density at radius 2 is 1.73 bits per heavy atom. The quantitative estimate of drug-likeness (QED) is 0.822. The maximum Gasteiger partial charge on any atom is 0.392 e. The minimum absolute atomic E-state index is 0.0630. The number of hydrogen-bond donors (Lipinski definition) is 1. The molecule has 0 unspecified atom stereocenters. The third kappa shape index (κ3) is 4.65. The summed E-state index contributed by atoms with van der Waals surface area (Å²) in [6.07, 6.45) is -2.58. The first-order valence-electron chi connectivity index (χ1n) is 4.44. The Morgan fingerprint density at radius 3 is 2.20 bits per heavy atom. The number of aliphatic hydroxyl groups excluding tert-OH is 1. The molecule has 0 aliphatic heterocycles. The maximum absolute atomic E-state index is 11.8. The molecule has 1 nitrogen and oxygen atoms in total. The SMILES string of the molecule is OCc1ccc(/C=C/CC(F)(F)F)cc1. The van der Waals surface area contributed by atoms with Crippen molar-refractivity contribution in [1.29, 1.82) is 0 Å². The van der Waals surface area contributed by atoms with Gasteiger partial charge in [0, 0.05) is 0 Å². The molecule has 0 atom stereocenters. The van der Waals surface area contributed by atoms with E-state index in [9.17, 15) is 13.2 Å². The molecular weight excluding hydrogens is 205 g/mol. The van der Waals surface area contributed by atoms with Crippen molar-refractivity contribution in [2.75, 3.05) is 0 Å². The van der Waals surface area contributed by atoms with Crippen molar-refractivity contribution >= 4 is 6.08 Å². The van der Waals surface area contributed by atoms with Gasteiger partial charge in [-0.2, -0.15) is 13.2 Å². The Kier molecular flexibility index (Phi) is 3.91. The summed E-state index contributed by atoms with van der Waals surface area (Å²) in [4.78, 5) is 0. The van der Waals surface area contributed by atoms with E-state index < -0.39 is 12.6 Å². The van der Waals surface area contributed by atoms with Gasteiger partial charge in [-0.1, -0.05) is 36.4 Å². The summed E-state index contributed by atoms with van der Waals surface area (Å²) in [6.45, 7) is -0.0630. The van der Waals surface area contributed by atoms with Crippen LogP contribution in [0.15, 0.2) is 30.3 Å². The normalized spacial score (nSPS) is 12.3. The summed E-state index contributed by atoms with van der Waals surface area (Å²) in [5.74, 6) is 0. The van der Waals surface area contributed by atoms with Crippen molar-refractivity contribution in [3.8, 4) is 0 Å². The number of allylic oxidation sites excluding steroid dienone is 1. The van der Waals surface area contributed by atoms with Crippen LogP contribution in [0.5, 0.6) is 0 Å². The first kappa shape index (κ1) is 11.8. The Bertz CT molecular complexity index is 325. The zero-order valence-electron chi connectivity index (χ0n) is 7.96. The van der Waals surface area contributed by atoms with Gasteiger partial charge < -0.3 is 5.11 Å². The van der Waals surface area contributed by atoms with Gasteiger partial charge in [0.25, 0.3) is 0 Å². The van der Waals surface area contributed by atoms with Gasteiger partial charge in [0.2, 0.25) is 0 Å². The van der Waals surface area contributed by atoms with Gasteiger partial charge in [-0.05, 0) is 11.1 Å². The van der Waals surface area contributed by atoms with E-state index >= 15 is 0 Å². The lowest BCUT2D eigenvalue weighted by molar-refractivity contribution is -0.124. The van der Waals surface area contributed by atoms with Gasteiger partial charge >= 0.3 is 6.18 Å². The highest BCUT2D eigenvalue weighted by molar-refractivity contribution is 5.49. The van der Waals surface area contributed by atoms with Gasteiger partial charge in [-0.3, -0.25) is 0 Å². The third-order valence-corrected chi connectivity index (χ3v) is 1.82. The van der Waals surface area contributed by atoms with Crippen LogP contribution in [0.25, 0.3) is 6.08 Å². The van der Waals surface area contributed by atoms with Crippen molar-refractivity contribution in [2.45, 2.75) is 19.2 Å². The molecule has 4 heteroatoms. The molecule has 15 heavy (non-hydrogen) atoms. The van der Waals surface area contributed by atoms with Crippen LogP contribution in [0.2, 0.25) is 0 Å². The minimum atomic E-state index is -4.15. The minimum Gasteiger partial charge on any atom is -0.392 e. The topological polar surface area (TPSA) is 20.2 Å². The van der Waals surface area contributed by atoms with Gasteiger partial charge in [0.1, 0.15) is 0 Å². The van der Waals surface area contributed by atoms with E-state index in [1.165, 1.54) is 6.08 Å². The fourth-order valence-electron chi connectivity index (χ4n) is 1.06. The largest absolute Gasteiger partial charge is 0.392 e. The fourth-order valence-corrected chi connectivity index (χ4v) is 1.06. The first-order chi connectivity index (χ1) is 7.01. The molecule has 0 fully saturated rings. The number of aliphatic hydroxyl groups is 1. The lowest BCUT2D eigenvalue weighted by atomic mass is 10.1. The Labute approximate surface area is 85.9 Å². The van der Waals surface area contributed by atoms with E-state index in [1.54, 1.807) is 24.3 Å². The zero-order valence-corrected chi connectivity index (χ0v) is 7.96. The van der Waals surface area contributed by atoms with Gasteiger partial charge in [-0.15, -0.1) is 0 Å². The fraction of sp³-hybridized carbons (Fsp3) is 0.273. The van der Waals surface area contributed by atoms with Gasteiger partial charge in [0.05, 0.1) is 13.0 Å². The summed E-state index contributed by atoms with van der Waals surface area (Å²) >= 11 is 0. The summed E-state index contributed by atoms with van der Waals surface area (Å²) < 4.78 is 35.4. The second-order valence-electron chi connectivity index (χ2n) is 3.12. The molecule has 82 valence electrons. The van der Waals surface area contributed by atoms with Crippen LogP contribution in [0.4, 0.5) is 13.2 Å². The summed E-state index contributed by atoms with van der Waals surface area (Å²) in [5, 5.41) is 8.74. The Hall–Kier alpha value is -1.29. The molecule has 1 rings (SSSR count). The number of benzene rings is 1. The van der Waals surface area contributed by atoms with Crippen molar-refractivity contribution < 1.29 is 18.3 Å². The summed E-state index contributed by atoms with van der Waals surface area (Å²) in [6, 6.07) is 6.68. The molecule has 0 saturated carbocycles. The average Bonchev–Trinajstić information content (AvgIpc) is 2.17. The van der Waals surface area contributed by atoms with Crippen LogP contribution in [-0.2, 0) is 6.61 Å². The first-order valence-corrected chi connectivity index (χ1v) is 4.44. The van der Waals surface area contributed by atoms with E-state index in [2.05, 4.69) is 0 Å². The van der Waals surface area contributed by atoms with Crippen LogP contribution < -0.4 is 0 Å². The second-order valence-corrected chi connectivity index (χ2v) is 3.12. The average molecular weight is 216 g/mol. The molecule has 0 aliphatic carbocycles. The molecule has 0 aromatic heterocycles. The zero-order chi connectivity index (χ0) is 11.3. The highest BCUT2D eigenvalue weighted by Gasteiger charge is 2.24. The standard InChI is InChI=1S/C11H11F3O/c12-11(13,14)7-1-2-9-3-5-10(8-15)6-4-9/h1-6,15H,7-8H2/b2-1+. The number of rotatable bonds is 3. The van der Waals surface area contributed by atoms with Crippen LogP contribution in [0.3, 0.4) is 0 Å². The van der Waals surface area contributed by atoms with Crippen molar-refractivity contribution in [3.63, 3.8) is 0 Å². The number of hydrogen-bond acceptors (Lipinski definition) is 1. The van der Waals surface area contributed by atoms with E-state index in [4.69, 9.17) is 5.11 Å². The molecule has 0 saturated heterocycles. The molecule has 1 aromatic carbocycles. The van der Waals surface area contributed by atoms with Gasteiger partial charge in [0.15, 0.2) is 0 Å². The van der Waals surface area contributed by atoms with E-state index in [0.29, 0.717) is 5.56 Å². The third-order valence-electron chi connectivity index (χ3n) is 1.82. The highest BCUT2D eigenvalue weighted by atomic mass is 19.4. The van der Waals surface area contributed by atoms with Crippen LogP contribution in [-0.4, -0.2) is 11.3 Å². The number of halogens is 3. The molecule has 0 aliphatic rings. The molecule has 1 N–H and O–H groups in total. The molecular formula is C11H11F3O. The lowest BCUT2D eigenvalue weighted by Crippen LogP contribution is -2.03. The molecule has 0 radical (unpaired) electrons. The summed E-state index contributed by atoms with van der Waals surface area (Å²) in [7, 11) is 0. The molecule has 0 amide bonds. The smallest absolute Gasteiger partial charge is 0.392 e. The predicted octanol–water partition coefficient (Wildman–Crippen LogP) is 3.14. The van der Waals surface area contributed by atoms with E-state index in [1.807, 2.05) is 0 Å². The Balaban J connectivity index is 2.57. The number of alkyl halides is 3. The lowest BCUT2D eigenvalue weighted by Gasteiger charge is -2.00. The van der Waals surface area contributed by atoms with Gasteiger partial charge in [-0.25, -0.2) is 0 Å². The second kappa shape index (κ2) is 4.98. The van der Waals surface area contributed by atoms with Crippen LogP contribution in [0, 0.1) is 0 Å². The molecule has 0 heterocycles. The highest BCUT2D eigenvalue weighted by Crippen LogP contribution is 2.20. The monoisotopic (exact) mass is 216 g/mol.